The first kappa shape index (κ1) is 13.6. The standard InChI is InChI=1S/C16H25NO/c1-3-17-15(12-13-8-7-9-13)16(18-2)14-10-5-4-6-11-14/h4-6,10-11,13,15-17H,3,7-9,12H2,1-2H3. The molecule has 0 aromatic heterocycles. The van der Waals surface area contributed by atoms with E-state index in [1.54, 1.807) is 0 Å². The third-order valence-electron chi connectivity index (χ3n) is 4.03. The molecule has 0 saturated heterocycles. The highest BCUT2D eigenvalue weighted by molar-refractivity contribution is 5.19. The van der Waals surface area contributed by atoms with Crippen molar-refractivity contribution >= 4 is 0 Å². The molecule has 2 nitrogen and oxygen atoms in total. The molecule has 0 spiro atoms. The van der Waals surface area contributed by atoms with Gasteiger partial charge in [-0.05, 0) is 24.4 Å². The van der Waals surface area contributed by atoms with E-state index in [9.17, 15) is 0 Å². The van der Waals surface area contributed by atoms with Gasteiger partial charge >= 0.3 is 0 Å². The predicted molar refractivity (Wildman–Crippen MR) is 75.6 cm³/mol. The van der Waals surface area contributed by atoms with Crippen LogP contribution >= 0.6 is 0 Å². The molecule has 1 fully saturated rings. The number of nitrogens with one attached hydrogen (secondary N) is 1. The van der Waals surface area contributed by atoms with Crippen LogP contribution in [0.5, 0.6) is 0 Å². The Kier molecular flexibility index (Phi) is 5.21. The summed E-state index contributed by atoms with van der Waals surface area (Å²) in [5.74, 6) is 0.899. The maximum absolute atomic E-state index is 5.76. The second-order valence-corrected chi connectivity index (χ2v) is 5.26. The first-order chi connectivity index (χ1) is 8.85. The highest BCUT2D eigenvalue weighted by Gasteiger charge is 2.28. The summed E-state index contributed by atoms with van der Waals surface area (Å²) in [6.45, 7) is 3.18. The minimum Gasteiger partial charge on any atom is -0.375 e. The lowest BCUT2D eigenvalue weighted by Crippen LogP contribution is -2.38. The lowest BCUT2D eigenvalue weighted by atomic mass is 9.79. The number of likely N-dealkylation sites (N-methyl/N-ethyl adjacent to an activating group) is 1. The lowest BCUT2D eigenvalue weighted by Gasteiger charge is -2.34. The Morgan fingerprint density at radius 1 is 1.28 bits per heavy atom. The molecular weight excluding hydrogens is 222 g/mol. The minimum absolute atomic E-state index is 0.173. The Labute approximate surface area is 111 Å². The average Bonchev–Trinajstić information content (AvgIpc) is 2.36. The van der Waals surface area contributed by atoms with Crippen LogP contribution in [0.4, 0.5) is 0 Å². The zero-order valence-electron chi connectivity index (χ0n) is 11.6. The number of hydrogen-bond acceptors (Lipinski definition) is 2. The van der Waals surface area contributed by atoms with Crippen molar-refractivity contribution in [1.29, 1.82) is 0 Å². The lowest BCUT2D eigenvalue weighted by molar-refractivity contribution is 0.0535. The maximum Gasteiger partial charge on any atom is 0.0974 e. The van der Waals surface area contributed by atoms with Crippen LogP contribution in [0.3, 0.4) is 0 Å². The van der Waals surface area contributed by atoms with Crippen LogP contribution in [0, 0.1) is 5.92 Å². The Morgan fingerprint density at radius 3 is 2.50 bits per heavy atom. The van der Waals surface area contributed by atoms with E-state index in [1.807, 2.05) is 7.11 Å². The number of ether oxygens (including phenoxy) is 1. The van der Waals surface area contributed by atoms with E-state index in [1.165, 1.54) is 31.2 Å². The highest BCUT2D eigenvalue weighted by Crippen LogP contribution is 2.34. The van der Waals surface area contributed by atoms with Crippen molar-refractivity contribution in [3.05, 3.63) is 35.9 Å². The molecule has 0 radical (unpaired) electrons. The molecule has 1 aromatic carbocycles. The summed E-state index contributed by atoms with van der Waals surface area (Å²) in [5, 5.41) is 3.61. The van der Waals surface area contributed by atoms with Gasteiger partial charge in [0.1, 0.15) is 0 Å². The van der Waals surface area contributed by atoms with E-state index < -0.39 is 0 Å². The largest absolute Gasteiger partial charge is 0.375 e. The van der Waals surface area contributed by atoms with E-state index in [2.05, 4.69) is 42.6 Å². The van der Waals surface area contributed by atoms with Crippen LogP contribution in [-0.2, 0) is 4.74 Å². The van der Waals surface area contributed by atoms with Gasteiger partial charge in [-0.15, -0.1) is 0 Å². The second-order valence-electron chi connectivity index (χ2n) is 5.26. The third-order valence-corrected chi connectivity index (χ3v) is 4.03. The van der Waals surface area contributed by atoms with Crippen molar-refractivity contribution in [2.75, 3.05) is 13.7 Å². The molecule has 0 amide bonds. The molecule has 1 saturated carbocycles. The van der Waals surface area contributed by atoms with Gasteiger partial charge in [0.2, 0.25) is 0 Å². The quantitative estimate of drug-likeness (QED) is 0.795. The van der Waals surface area contributed by atoms with Crippen LogP contribution in [0.2, 0.25) is 0 Å². The maximum atomic E-state index is 5.76. The van der Waals surface area contributed by atoms with Crippen LogP contribution in [0.1, 0.15) is 44.3 Å². The zero-order valence-corrected chi connectivity index (χ0v) is 11.6. The molecular formula is C16H25NO. The summed E-state index contributed by atoms with van der Waals surface area (Å²) in [6.07, 6.45) is 5.61. The van der Waals surface area contributed by atoms with E-state index in [-0.39, 0.29) is 6.10 Å². The molecule has 1 aliphatic rings. The topological polar surface area (TPSA) is 21.3 Å². The summed E-state index contributed by atoms with van der Waals surface area (Å²) in [5.41, 5.74) is 1.28. The monoisotopic (exact) mass is 247 g/mol. The number of benzene rings is 1. The fraction of sp³-hybridized carbons (Fsp3) is 0.625. The summed E-state index contributed by atoms with van der Waals surface area (Å²) in [6, 6.07) is 11.0. The van der Waals surface area contributed by atoms with Crippen LogP contribution in [-0.4, -0.2) is 19.7 Å². The van der Waals surface area contributed by atoms with E-state index in [0.29, 0.717) is 6.04 Å². The SMILES string of the molecule is CCNC(CC1CCC1)C(OC)c1ccccc1. The fourth-order valence-corrected chi connectivity index (χ4v) is 2.84. The molecule has 1 aliphatic carbocycles. The molecule has 1 aromatic rings. The Hall–Kier alpha value is -0.860. The Morgan fingerprint density at radius 2 is 2.00 bits per heavy atom. The molecule has 2 heteroatoms. The second kappa shape index (κ2) is 6.91. The molecule has 0 bridgehead atoms. The average molecular weight is 247 g/mol. The van der Waals surface area contributed by atoms with E-state index in [4.69, 9.17) is 4.74 Å². The van der Waals surface area contributed by atoms with Gasteiger partial charge in [-0.3, -0.25) is 0 Å². The third kappa shape index (κ3) is 3.33. The van der Waals surface area contributed by atoms with Crippen molar-refractivity contribution in [2.24, 2.45) is 5.92 Å². The van der Waals surface area contributed by atoms with Gasteiger partial charge in [-0.2, -0.15) is 0 Å². The summed E-state index contributed by atoms with van der Waals surface area (Å²) in [4.78, 5) is 0. The predicted octanol–water partition coefficient (Wildman–Crippen LogP) is 3.54. The van der Waals surface area contributed by atoms with E-state index >= 15 is 0 Å². The molecule has 100 valence electrons. The van der Waals surface area contributed by atoms with Crippen molar-refractivity contribution in [1.82, 2.24) is 5.32 Å². The number of hydrogen-bond donors (Lipinski definition) is 1. The fourth-order valence-electron chi connectivity index (χ4n) is 2.84. The van der Waals surface area contributed by atoms with Gasteiger partial charge in [-0.25, -0.2) is 0 Å². The van der Waals surface area contributed by atoms with Gasteiger partial charge in [-0.1, -0.05) is 56.5 Å². The molecule has 2 atom stereocenters. The zero-order chi connectivity index (χ0) is 12.8. The van der Waals surface area contributed by atoms with Crippen LogP contribution in [0.25, 0.3) is 0 Å². The van der Waals surface area contributed by atoms with Crippen molar-refractivity contribution in [3.8, 4) is 0 Å². The van der Waals surface area contributed by atoms with E-state index in [0.717, 1.165) is 12.5 Å². The van der Waals surface area contributed by atoms with Gasteiger partial charge in [0.15, 0.2) is 0 Å². The van der Waals surface area contributed by atoms with Crippen LogP contribution in [0.15, 0.2) is 30.3 Å². The summed E-state index contributed by atoms with van der Waals surface area (Å²) < 4.78 is 5.76. The van der Waals surface area contributed by atoms with Crippen molar-refractivity contribution in [2.45, 2.75) is 44.8 Å². The van der Waals surface area contributed by atoms with Gasteiger partial charge in [0.05, 0.1) is 6.10 Å². The Balaban J connectivity index is 2.05. The molecule has 0 heterocycles. The first-order valence-electron chi connectivity index (χ1n) is 7.16. The molecule has 2 unspecified atom stereocenters. The molecule has 0 aliphatic heterocycles. The molecule has 2 rings (SSSR count). The highest BCUT2D eigenvalue weighted by atomic mass is 16.5. The molecule has 1 N–H and O–H groups in total. The van der Waals surface area contributed by atoms with Gasteiger partial charge in [0, 0.05) is 13.2 Å². The summed E-state index contributed by atoms with van der Waals surface area (Å²) in [7, 11) is 1.82. The van der Waals surface area contributed by atoms with Gasteiger partial charge < -0.3 is 10.1 Å². The Bertz CT molecular complexity index is 334. The van der Waals surface area contributed by atoms with Crippen LogP contribution < -0.4 is 5.32 Å². The normalized spacial score (nSPS) is 19.2. The summed E-state index contributed by atoms with van der Waals surface area (Å²) >= 11 is 0. The smallest absolute Gasteiger partial charge is 0.0974 e. The minimum atomic E-state index is 0.173. The number of methoxy groups -OCH3 is 1. The van der Waals surface area contributed by atoms with Gasteiger partial charge in [0.25, 0.3) is 0 Å². The first-order valence-corrected chi connectivity index (χ1v) is 7.16. The molecule has 18 heavy (non-hydrogen) atoms. The van der Waals surface area contributed by atoms with Crippen molar-refractivity contribution < 1.29 is 4.74 Å². The number of rotatable bonds is 7. The van der Waals surface area contributed by atoms with Crippen molar-refractivity contribution in [3.63, 3.8) is 0 Å².